The molecule has 1 aliphatic rings. The van der Waals surface area contributed by atoms with Crippen molar-refractivity contribution in [2.24, 2.45) is 0 Å². The predicted octanol–water partition coefficient (Wildman–Crippen LogP) is 1.07. The molecule has 0 radical (unpaired) electrons. The van der Waals surface area contributed by atoms with Crippen LogP contribution in [0.3, 0.4) is 0 Å². The van der Waals surface area contributed by atoms with Gasteiger partial charge in [-0.05, 0) is 37.1 Å². The summed E-state index contributed by atoms with van der Waals surface area (Å²) in [4.78, 5) is 11.5. The van der Waals surface area contributed by atoms with E-state index in [1.54, 1.807) is 24.3 Å². The lowest BCUT2D eigenvalue weighted by Gasteiger charge is -2.23. The highest BCUT2D eigenvalue weighted by Crippen LogP contribution is 2.11. The van der Waals surface area contributed by atoms with E-state index in [9.17, 15) is 13.2 Å². The predicted molar refractivity (Wildman–Crippen MR) is 86.7 cm³/mol. The Hall–Kier alpha value is -1.15. The number of rotatable bonds is 5. The van der Waals surface area contributed by atoms with Crippen LogP contribution >= 0.6 is 12.4 Å². The normalized spacial score (nSPS) is 18.3. The zero-order chi connectivity index (χ0) is 15.3. The minimum absolute atomic E-state index is 0. The first-order valence-electron chi connectivity index (χ1n) is 6.88. The average molecular weight is 349 g/mol. The van der Waals surface area contributed by atoms with E-state index in [-0.39, 0.29) is 24.2 Å². The lowest BCUT2D eigenvalue weighted by atomic mass is 10.1. The highest BCUT2D eigenvalue weighted by molar-refractivity contribution is 7.88. The molecule has 22 heavy (non-hydrogen) atoms. The molecule has 1 atom stereocenters. The van der Waals surface area contributed by atoms with Crippen molar-refractivity contribution in [2.45, 2.75) is 24.6 Å². The number of sulfonamides is 1. The van der Waals surface area contributed by atoms with Crippen molar-refractivity contribution in [3.63, 3.8) is 0 Å². The maximum absolute atomic E-state index is 12.2. The van der Waals surface area contributed by atoms with Crippen LogP contribution in [0.1, 0.15) is 28.8 Å². The summed E-state index contributed by atoms with van der Waals surface area (Å²) in [6.45, 7) is 1.58. The number of hydrogen-bond donors (Lipinski definition) is 2. The van der Waals surface area contributed by atoms with Gasteiger partial charge in [-0.25, -0.2) is 17.9 Å². The van der Waals surface area contributed by atoms with E-state index in [1.165, 1.54) is 7.11 Å². The van der Waals surface area contributed by atoms with Crippen molar-refractivity contribution in [2.75, 3.05) is 20.2 Å². The second-order valence-electron chi connectivity index (χ2n) is 5.11. The largest absolute Gasteiger partial charge is 0.465 e. The fraction of sp³-hybridized carbons (Fsp3) is 0.500. The van der Waals surface area contributed by atoms with Crippen LogP contribution in [-0.4, -0.2) is 40.6 Å². The molecule has 8 heteroatoms. The monoisotopic (exact) mass is 348 g/mol. The third-order valence-corrected chi connectivity index (χ3v) is 4.75. The lowest BCUT2D eigenvalue weighted by Crippen LogP contribution is -2.45. The van der Waals surface area contributed by atoms with Gasteiger partial charge < -0.3 is 10.1 Å². The number of nitrogens with one attached hydrogen (secondary N) is 2. The highest BCUT2D eigenvalue weighted by Gasteiger charge is 2.20. The third kappa shape index (κ3) is 5.57. The first-order chi connectivity index (χ1) is 10.00. The van der Waals surface area contributed by atoms with Gasteiger partial charge in [-0.1, -0.05) is 12.1 Å². The Balaban J connectivity index is 0.00000242. The van der Waals surface area contributed by atoms with Crippen LogP contribution < -0.4 is 10.0 Å². The van der Waals surface area contributed by atoms with Gasteiger partial charge in [0.2, 0.25) is 10.0 Å². The van der Waals surface area contributed by atoms with Crippen LogP contribution in [0.2, 0.25) is 0 Å². The van der Waals surface area contributed by atoms with Gasteiger partial charge in [-0.3, -0.25) is 0 Å². The van der Waals surface area contributed by atoms with Crippen LogP contribution in [0.4, 0.5) is 0 Å². The van der Waals surface area contributed by atoms with Gasteiger partial charge in [0.05, 0.1) is 18.4 Å². The summed E-state index contributed by atoms with van der Waals surface area (Å²) in [7, 11) is -2.13. The smallest absolute Gasteiger partial charge is 0.337 e. The summed E-state index contributed by atoms with van der Waals surface area (Å²) in [6, 6.07) is 6.42. The summed E-state index contributed by atoms with van der Waals surface area (Å²) >= 11 is 0. The number of methoxy groups -OCH3 is 1. The van der Waals surface area contributed by atoms with Crippen molar-refractivity contribution >= 4 is 28.4 Å². The Morgan fingerprint density at radius 2 is 2.23 bits per heavy atom. The Bertz CT molecular complexity index is 601. The molecule has 1 heterocycles. The number of carbonyl (C=O) groups excluding carboxylic acids is 1. The molecule has 1 aliphatic heterocycles. The number of esters is 1. The van der Waals surface area contributed by atoms with E-state index in [4.69, 9.17) is 0 Å². The van der Waals surface area contributed by atoms with Crippen molar-refractivity contribution in [1.82, 2.24) is 10.0 Å². The highest BCUT2D eigenvalue weighted by atomic mass is 35.5. The van der Waals surface area contributed by atoms with Crippen LogP contribution in [0, 0.1) is 0 Å². The van der Waals surface area contributed by atoms with E-state index in [1.807, 2.05) is 0 Å². The van der Waals surface area contributed by atoms with Gasteiger partial charge in [0.15, 0.2) is 0 Å². The number of piperidine rings is 1. The topological polar surface area (TPSA) is 84.5 Å². The molecule has 2 N–H and O–H groups in total. The van der Waals surface area contributed by atoms with E-state index in [0.29, 0.717) is 17.7 Å². The van der Waals surface area contributed by atoms with Gasteiger partial charge in [0.25, 0.3) is 0 Å². The zero-order valence-electron chi connectivity index (χ0n) is 12.4. The number of benzene rings is 1. The van der Waals surface area contributed by atoms with Crippen molar-refractivity contribution < 1.29 is 17.9 Å². The molecule has 0 aromatic heterocycles. The van der Waals surface area contributed by atoms with Crippen molar-refractivity contribution in [1.29, 1.82) is 0 Å². The Labute approximate surface area is 137 Å². The summed E-state index contributed by atoms with van der Waals surface area (Å²) in [5.74, 6) is -0.618. The Kier molecular flexibility index (Phi) is 7.28. The van der Waals surface area contributed by atoms with Gasteiger partial charge in [0.1, 0.15) is 0 Å². The number of carbonyl (C=O) groups is 1. The average Bonchev–Trinajstić information content (AvgIpc) is 2.46. The molecular weight excluding hydrogens is 328 g/mol. The molecule has 1 fully saturated rings. The van der Waals surface area contributed by atoms with Crippen LogP contribution in [0.25, 0.3) is 0 Å². The second kappa shape index (κ2) is 8.47. The molecule has 1 unspecified atom stereocenters. The molecular formula is C14H21ClN2O4S. The molecule has 0 spiro atoms. The lowest BCUT2D eigenvalue weighted by molar-refractivity contribution is 0.0600. The molecule has 0 bridgehead atoms. The quantitative estimate of drug-likeness (QED) is 0.777. The SMILES string of the molecule is COC(=O)c1cccc(CS(=O)(=O)NC2CCCNC2)c1.Cl. The minimum Gasteiger partial charge on any atom is -0.465 e. The Morgan fingerprint density at radius 3 is 2.86 bits per heavy atom. The molecule has 1 aromatic carbocycles. The third-order valence-electron chi connectivity index (χ3n) is 3.35. The van der Waals surface area contributed by atoms with Gasteiger partial charge in [0, 0.05) is 12.6 Å². The van der Waals surface area contributed by atoms with E-state index >= 15 is 0 Å². The maximum atomic E-state index is 12.2. The second-order valence-corrected chi connectivity index (χ2v) is 6.87. The summed E-state index contributed by atoms with van der Waals surface area (Å²) in [5, 5.41) is 3.16. The first-order valence-corrected chi connectivity index (χ1v) is 8.53. The van der Waals surface area contributed by atoms with E-state index in [2.05, 4.69) is 14.8 Å². The fourth-order valence-electron chi connectivity index (χ4n) is 2.37. The van der Waals surface area contributed by atoms with Crippen LogP contribution in [0.15, 0.2) is 24.3 Å². The van der Waals surface area contributed by atoms with Crippen LogP contribution in [-0.2, 0) is 20.5 Å². The molecule has 6 nitrogen and oxygen atoms in total. The molecule has 2 rings (SSSR count). The maximum Gasteiger partial charge on any atom is 0.337 e. The molecule has 124 valence electrons. The molecule has 1 saturated heterocycles. The van der Waals surface area contributed by atoms with Gasteiger partial charge >= 0.3 is 5.97 Å². The zero-order valence-corrected chi connectivity index (χ0v) is 14.0. The molecule has 0 aliphatic carbocycles. The van der Waals surface area contributed by atoms with E-state index in [0.717, 1.165) is 19.4 Å². The Morgan fingerprint density at radius 1 is 1.45 bits per heavy atom. The van der Waals surface area contributed by atoms with Crippen molar-refractivity contribution in [3.05, 3.63) is 35.4 Å². The van der Waals surface area contributed by atoms with Gasteiger partial charge in [-0.2, -0.15) is 0 Å². The number of hydrogen-bond acceptors (Lipinski definition) is 5. The standard InChI is InChI=1S/C14H20N2O4S.ClH/c1-20-14(17)12-5-2-4-11(8-12)10-21(18,19)16-13-6-3-7-15-9-13;/h2,4-5,8,13,15-16H,3,6-7,9-10H2,1H3;1H. The van der Waals surface area contributed by atoms with Crippen molar-refractivity contribution in [3.8, 4) is 0 Å². The molecule has 1 aromatic rings. The molecule has 0 saturated carbocycles. The summed E-state index contributed by atoms with van der Waals surface area (Å²) < 4.78 is 31.7. The molecule has 0 amide bonds. The van der Waals surface area contributed by atoms with Gasteiger partial charge in [-0.15, -0.1) is 12.4 Å². The number of halogens is 1. The first kappa shape index (κ1) is 18.9. The van der Waals surface area contributed by atoms with E-state index < -0.39 is 16.0 Å². The number of ether oxygens (including phenoxy) is 1. The van der Waals surface area contributed by atoms with Crippen LogP contribution in [0.5, 0.6) is 0 Å². The summed E-state index contributed by atoms with van der Waals surface area (Å²) in [5.41, 5.74) is 0.915. The summed E-state index contributed by atoms with van der Waals surface area (Å²) in [6.07, 6.45) is 1.81. The minimum atomic E-state index is -3.43. The fourth-order valence-corrected chi connectivity index (χ4v) is 3.78.